The molecule has 1 aliphatic heterocycles. The summed E-state index contributed by atoms with van der Waals surface area (Å²) in [5.41, 5.74) is 0.866. The molecule has 1 aromatic rings. The molecule has 0 saturated heterocycles. The van der Waals surface area contributed by atoms with Gasteiger partial charge in [-0.05, 0) is 31.5 Å². The van der Waals surface area contributed by atoms with Gasteiger partial charge in [0, 0.05) is 19.6 Å². The molecule has 22 heavy (non-hydrogen) atoms. The molecule has 1 heterocycles. The number of carbonyl (C=O) groups is 2. The van der Waals surface area contributed by atoms with Gasteiger partial charge in [0.2, 0.25) is 0 Å². The highest BCUT2D eigenvalue weighted by atomic mass is 19.1. The predicted molar refractivity (Wildman–Crippen MR) is 79.4 cm³/mol. The minimum Gasteiger partial charge on any atom is -0.503 e. The van der Waals surface area contributed by atoms with E-state index in [1.807, 2.05) is 13.8 Å². The average Bonchev–Trinajstić information content (AvgIpc) is 2.77. The van der Waals surface area contributed by atoms with Gasteiger partial charge in [0.25, 0.3) is 11.8 Å². The third-order valence-electron chi connectivity index (χ3n) is 3.64. The number of nitrogens with zero attached hydrogens (tertiary/aromatic N) is 2. The third-order valence-corrected chi connectivity index (χ3v) is 3.64. The van der Waals surface area contributed by atoms with Crippen LogP contribution in [0.5, 0.6) is 0 Å². The number of halogens is 1. The summed E-state index contributed by atoms with van der Waals surface area (Å²) in [5, 5.41) is 9.89. The zero-order valence-electron chi connectivity index (χ0n) is 12.8. The SMILES string of the molecule is CC(C)N1CC(C(=O)N(C)Cc2ccc(F)cc2)=C(O)C1=O. The van der Waals surface area contributed by atoms with E-state index >= 15 is 0 Å². The minimum absolute atomic E-state index is 0.0950. The Morgan fingerprint density at radius 2 is 1.95 bits per heavy atom. The molecule has 118 valence electrons. The van der Waals surface area contributed by atoms with Crippen molar-refractivity contribution in [3.8, 4) is 0 Å². The van der Waals surface area contributed by atoms with Crippen molar-refractivity contribution in [3.63, 3.8) is 0 Å². The molecule has 1 N–H and O–H groups in total. The Balaban J connectivity index is 2.11. The predicted octanol–water partition coefficient (Wildman–Crippen LogP) is 1.85. The van der Waals surface area contributed by atoms with E-state index < -0.39 is 17.6 Å². The van der Waals surface area contributed by atoms with Crippen molar-refractivity contribution in [1.82, 2.24) is 9.80 Å². The Kier molecular flexibility index (Phi) is 4.49. The first kappa shape index (κ1) is 16.0. The third kappa shape index (κ3) is 3.10. The van der Waals surface area contributed by atoms with Crippen molar-refractivity contribution < 1.29 is 19.1 Å². The molecule has 1 aliphatic rings. The van der Waals surface area contributed by atoms with Crippen LogP contribution in [0.15, 0.2) is 35.6 Å². The van der Waals surface area contributed by atoms with Crippen molar-refractivity contribution in [2.45, 2.75) is 26.4 Å². The van der Waals surface area contributed by atoms with Crippen LogP contribution in [0.4, 0.5) is 4.39 Å². The summed E-state index contributed by atoms with van der Waals surface area (Å²) in [6, 6.07) is 5.73. The summed E-state index contributed by atoms with van der Waals surface area (Å²) in [6.07, 6.45) is 0. The Bertz CT molecular complexity index is 623. The second-order valence-electron chi connectivity index (χ2n) is 5.64. The van der Waals surface area contributed by atoms with Crippen molar-refractivity contribution in [2.24, 2.45) is 0 Å². The zero-order valence-corrected chi connectivity index (χ0v) is 12.8. The molecule has 0 radical (unpaired) electrons. The first-order valence-corrected chi connectivity index (χ1v) is 7.04. The lowest BCUT2D eigenvalue weighted by Gasteiger charge is -2.22. The molecule has 2 rings (SSSR count). The highest BCUT2D eigenvalue weighted by Gasteiger charge is 2.36. The number of hydrogen-bond donors (Lipinski definition) is 1. The lowest BCUT2D eigenvalue weighted by Crippen LogP contribution is -2.35. The van der Waals surface area contributed by atoms with Gasteiger partial charge in [-0.15, -0.1) is 0 Å². The molecule has 0 atom stereocenters. The van der Waals surface area contributed by atoms with Gasteiger partial charge in [0.1, 0.15) is 5.82 Å². The molecule has 5 nitrogen and oxygen atoms in total. The fraction of sp³-hybridized carbons (Fsp3) is 0.375. The zero-order chi connectivity index (χ0) is 16.4. The van der Waals surface area contributed by atoms with Gasteiger partial charge < -0.3 is 14.9 Å². The van der Waals surface area contributed by atoms with E-state index in [0.717, 1.165) is 5.56 Å². The van der Waals surface area contributed by atoms with Crippen LogP contribution in [0.2, 0.25) is 0 Å². The molecule has 0 bridgehead atoms. The van der Waals surface area contributed by atoms with E-state index in [1.54, 1.807) is 19.2 Å². The van der Waals surface area contributed by atoms with Crippen molar-refractivity contribution in [1.29, 1.82) is 0 Å². The van der Waals surface area contributed by atoms with Crippen molar-refractivity contribution in [2.75, 3.05) is 13.6 Å². The standard InChI is InChI=1S/C16H19FN2O3/c1-10(2)19-9-13(14(20)16(19)22)15(21)18(3)8-11-4-6-12(17)7-5-11/h4-7,10,20H,8-9H2,1-3H3. The summed E-state index contributed by atoms with van der Waals surface area (Å²) >= 11 is 0. The monoisotopic (exact) mass is 306 g/mol. The van der Waals surface area contributed by atoms with E-state index in [4.69, 9.17) is 0 Å². The summed E-state index contributed by atoms with van der Waals surface area (Å²) < 4.78 is 12.9. The van der Waals surface area contributed by atoms with Gasteiger partial charge in [0.05, 0.1) is 12.1 Å². The van der Waals surface area contributed by atoms with E-state index in [9.17, 15) is 19.1 Å². The van der Waals surface area contributed by atoms with Gasteiger partial charge in [-0.3, -0.25) is 9.59 Å². The lowest BCUT2D eigenvalue weighted by atomic mass is 10.2. The number of hydrogen-bond acceptors (Lipinski definition) is 3. The summed E-state index contributed by atoms with van der Waals surface area (Å²) in [7, 11) is 1.58. The molecule has 0 aliphatic carbocycles. The van der Waals surface area contributed by atoms with Gasteiger partial charge in [-0.25, -0.2) is 4.39 Å². The van der Waals surface area contributed by atoms with Crippen molar-refractivity contribution >= 4 is 11.8 Å². The van der Waals surface area contributed by atoms with E-state index in [0.29, 0.717) is 0 Å². The fourth-order valence-corrected chi connectivity index (χ4v) is 2.33. The number of likely N-dealkylation sites (N-methyl/N-ethyl adjacent to an activating group) is 1. The number of benzene rings is 1. The van der Waals surface area contributed by atoms with Crippen LogP contribution in [0, 0.1) is 5.82 Å². The Morgan fingerprint density at radius 1 is 1.36 bits per heavy atom. The average molecular weight is 306 g/mol. The molecular weight excluding hydrogens is 287 g/mol. The topological polar surface area (TPSA) is 60.9 Å². The first-order chi connectivity index (χ1) is 10.3. The van der Waals surface area contributed by atoms with Gasteiger partial charge in [0.15, 0.2) is 5.76 Å². The number of rotatable bonds is 4. The maximum atomic E-state index is 12.9. The highest BCUT2D eigenvalue weighted by Crippen LogP contribution is 2.21. The van der Waals surface area contributed by atoms with Crippen molar-refractivity contribution in [3.05, 3.63) is 47.0 Å². The fourth-order valence-electron chi connectivity index (χ4n) is 2.33. The van der Waals surface area contributed by atoms with Crippen LogP contribution in [0.3, 0.4) is 0 Å². The second-order valence-corrected chi connectivity index (χ2v) is 5.64. The molecule has 1 aromatic carbocycles. The Labute approximate surface area is 128 Å². The summed E-state index contributed by atoms with van der Waals surface area (Å²) in [6.45, 7) is 4.02. The maximum Gasteiger partial charge on any atom is 0.289 e. The molecule has 2 amide bonds. The molecule has 0 fully saturated rings. The molecule has 0 aromatic heterocycles. The summed E-state index contributed by atoms with van der Waals surface area (Å²) in [4.78, 5) is 27.1. The van der Waals surface area contributed by atoms with Gasteiger partial charge >= 0.3 is 0 Å². The molecular formula is C16H19FN2O3. The van der Waals surface area contributed by atoms with E-state index in [2.05, 4.69) is 0 Å². The number of aliphatic hydroxyl groups excluding tert-OH is 1. The largest absolute Gasteiger partial charge is 0.503 e. The van der Waals surface area contributed by atoms with Gasteiger partial charge in [-0.1, -0.05) is 12.1 Å². The number of aliphatic hydroxyl groups is 1. The van der Waals surface area contributed by atoms with Gasteiger partial charge in [-0.2, -0.15) is 0 Å². The maximum absolute atomic E-state index is 12.9. The second kappa shape index (κ2) is 6.17. The quantitative estimate of drug-likeness (QED) is 0.923. The van der Waals surface area contributed by atoms with E-state index in [-0.39, 0.29) is 30.5 Å². The Morgan fingerprint density at radius 3 is 2.45 bits per heavy atom. The molecule has 6 heteroatoms. The number of amides is 2. The molecule has 0 saturated carbocycles. The first-order valence-electron chi connectivity index (χ1n) is 7.04. The van der Waals surface area contributed by atoms with Crippen LogP contribution < -0.4 is 0 Å². The lowest BCUT2D eigenvalue weighted by molar-refractivity contribution is -0.129. The van der Waals surface area contributed by atoms with Crippen LogP contribution >= 0.6 is 0 Å². The highest BCUT2D eigenvalue weighted by molar-refractivity contribution is 6.06. The normalized spacial score (nSPS) is 15.0. The smallest absolute Gasteiger partial charge is 0.289 e. The number of carbonyl (C=O) groups excluding carboxylic acids is 2. The van der Waals surface area contributed by atoms with Crippen LogP contribution in [0.1, 0.15) is 19.4 Å². The Hall–Kier alpha value is -2.37. The van der Waals surface area contributed by atoms with E-state index in [1.165, 1.54) is 21.9 Å². The summed E-state index contributed by atoms with van der Waals surface area (Å²) in [5.74, 6) is -1.75. The van der Waals surface area contributed by atoms with Crippen LogP contribution in [-0.4, -0.2) is 46.4 Å². The van der Waals surface area contributed by atoms with Crippen LogP contribution in [0.25, 0.3) is 0 Å². The molecule has 0 spiro atoms. The van der Waals surface area contributed by atoms with Crippen LogP contribution in [-0.2, 0) is 16.1 Å². The minimum atomic E-state index is -0.520. The molecule has 0 unspecified atom stereocenters.